The minimum Gasteiger partial charge on any atom is -0.506 e. The lowest BCUT2D eigenvalue weighted by Crippen LogP contribution is -2.66. The number of anilines is 1. The minimum absolute atomic E-state index is 0.164. The topological polar surface area (TPSA) is 35.5 Å². The van der Waals surface area contributed by atoms with Crippen LogP contribution in [-0.4, -0.2) is 36.2 Å². The summed E-state index contributed by atoms with van der Waals surface area (Å²) >= 11 is 0. The predicted molar refractivity (Wildman–Crippen MR) is 99.8 cm³/mol. The van der Waals surface area contributed by atoms with Gasteiger partial charge in [-0.3, -0.25) is 0 Å². The molecule has 2 bridgehead atoms. The van der Waals surface area contributed by atoms with Crippen LogP contribution in [0.4, 0.5) is 5.69 Å². The molecule has 24 heavy (non-hydrogen) atoms. The van der Waals surface area contributed by atoms with Crippen LogP contribution in [-0.2, 0) is 11.8 Å². The van der Waals surface area contributed by atoms with E-state index in [2.05, 4.69) is 49.0 Å². The van der Waals surface area contributed by atoms with E-state index in [1.807, 2.05) is 0 Å². The SMILES string of the molecule is C=C[C@]12CCCC[C@]13CCN(C)[C@H]2Cc1cc(NCC)c(O)cc13. The monoisotopic (exact) mass is 326 g/mol. The number of hydrogen-bond acceptors (Lipinski definition) is 3. The van der Waals surface area contributed by atoms with Crippen LogP contribution in [0.15, 0.2) is 24.8 Å². The van der Waals surface area contributed by atoms with Crippen LogP contribution in [0, 0.1) is 5.41 Å². The molecule has 3 heteroatoms. The summed E-state index contributed by atoms with van der Waals surface area (Å²) in [6.45, 7) is 8.36. The lowest BCUT2D eigenvalue weighted by atomic mass is 9.44. The first-order valence-corrected chi connectivity index (χ1v) is 9.52. The molecule has 0 aromatic heterocycles. The van der Waals surface area contributed by atoms with Gasteiger partial charge in [0.25, 0.3) is 0 Å². The Labute approximate surface area is 145 Å². The van der Waals surface area contributed by atoms with Gasteiger partial charge in [0, 0.05) is 23.4 Å². The molecule has 2 fully saturated rings. The van der Waals surface area contributed by atoms with Crippen LogP contribution in [0.5, 0.6) is 5.75 Å². The van der Waals surface area contributed by atoms with Crippen molar-refractivity contribution in [3.05, 3.63) is 35.9 Å². The highest BCUT2D eigenvalue weighted by atomic mass is 16.3. The third-order valence-corrected chi connectivity index (χ3v) is 7.23. The average Bonchev–Trinajstić information content (AvgIpc) is 2.59. The normalized spacial score (nSPS) is 35.0. The van der Waals surface area contributed by atoms with E-state index in [0.717, 1.165) is 25.2 Å². The van der Waals surface area contributed by atoms with Crippen molar-refractivity contribution >= 4 is 5.69 Å². The van der Waals surface area contributed by atoms with E-state index in [9.17, 15) is 5.11 Å². The maximum absolute atomic E-state index is 10.6. The largest absolute Gasteiger partial charge is 0.506 e. The summed E-state index contributed by atoms with van der Waals surface area (Å²) in [7, 11) is 2.28. The Bertz CT molecular complexity index is 670. The zero-order chi connectivity index (χ0) is 16.9. The van der Waals surface area contributed by atoms with E-state index < -0.39 is 0 Å². The Balaban J connectivity index is 1.94. The molecule has 1 saturated heterocycles. The zero-order valence-corrected chi connectivity index (χ0v) is 15.1. The van der Waals surface area contributed by atoms with E-state index in [1.165, 1.54) is 43.2 Å². The van der Waals surface area contributed by atoms with Gasteiger partial charge in [0.15, 0.2) is 0 Å². The van der Waals surface area contributed by atoms with Crippen molar-refractivity contribution < 1.29 is 5.11 Å². The molecular weight excluding hydrogens is 296 g/mol. The number of aromatic hydroxyl groups is 1. The van der Waals surface area contributed by atoms with E-state index in [0.29, 0.717) is 11.8 Å². The number of hydrogen-bond donors (Lipinski definition) is 2. The van der Waals surface area contributed by atoms with Crippen molar-refractivity contribution in [3.63, 3.8) is 0 Å². The third kappa shape index (κ3) is 1.88. The molecule has 0 radical (unpaired) electrons. The van der Waals surface area contributed by atoms with Gasteiger partial charge in [-0.1, -0.05) is 18.9 Å². The number of piperidine rings is 1. The predicted octanol–water partition coefficient (Wildman–Crippen LogP) is 4.07. The van der Waals surface area contributed by atoms with Gasteiger partial charge in [-0.05, 0) is 69.5 Å². The number of likely N-dealkylation sites (tertiary alicyclic amines) is 1. The van der Waals surface area contributed by atoms with Crippen LogP contribution in [0.25, 0.3) is 0 Å². The third-order valence-electron chi connectivity index (χ3n) is 7.23. The number of likely N-dealkylation sites (N-methyl/N-ethyl adjacent to an activating group) is 1. The fraction of sp³-hybridized carbons (Fsp3) is 0.619. The molecule has 2 aliphatic carbocycles. The summed E-state index contributed by atoms with van der Waals surface area (Å²) in [4.78, 5) is 2.56. The Morgan fingerprint density at radius 3 is 2.88 bits per heavy atom. The van der Waals surface area contributed by atoms with Crippen LogP contribution in [0.3, 0.4) is 0 Å². The molecule has 3 aliphatic rings. The van der Waals surface area contributed by atoms with Crippen LogP contribution in [0.2, 0.25) is 0 Å². The number of nitrogens with zero attached hydrogens (tertiary/aromatic N) is 1. The first kappa shape index (κ1) is 16.0. The van der Waals surface area contributed by atoms with Crippen molar-refractivity contribution in [3.8, 4) is 5.75 Å². The Hall–Kier alpha value is -1.48. The first-order valence-electron chi connectivity index (χ1n) is 9.52. The van der Waals surface area contributed by atoms with Crippen LogP contribution in [0.1, 0.15) is 50.2 Å². The molecule has 0 amide bonds. The van der Waals surface area contributed by atoms with E-state index in [-0.39, 0.29) is 10.8 Å². The van der Waals surface area contributed by atoms with E-state index >= 15 is 0 Å². The standard InChI is InChI=1S/C21H30N2O/c1-4-20-8-6-7-9-21(20)10-11-23(3)19(20)13-15-12-17(22-5-2)18(24)14-16(15)21/h4,12,14,19,22,24H,1,5-11,13H2,2-3H3/t19-,20+,21+/m0/s1. The smallest absolute Gasteiger partial charge is 0.138 e. The Morgan fingerprint density at radius 2 is 2.12 bits per heavy atom. The summed E-state index contributed by atoms with van der Waals surface area (Å²) in [6.07, 6.45) is 9.59. The first-order chi connectivity index (χ1) is 11.6. The maximum atomic E-state index is 10.6. The minimum atomic E-state index is 0.164. The molecule has 1 saturated carbocycles. The van der Waals surface area contributed by atoms with Crippen molar-refractivity contribution in [2.24, 2.45) is 5.41 Å². The summed E-state index contributed by atoms with van der Waals surface area (Å²) in [5.41, 5.74) is 4.05. The number of rotatable bonds is 3. The van der Waals surface area contributed by atoms with Gasteiger partial charge in [0.1, 0.15) is 5.75 Å². The molecule has 3 nitrogen and oxygen atoms in total. The number of benzene rings is 1. The van der Waals surface area contributed by atoms with Gasteiger partial charge in [0.2, 0.25) is 0 Å². The van der Waals surface area contributed by atoms with E-state index in [1.54, 1.807) is 0 Å². The van der Waals surface area contributed by atoms with Crippen molar-refractivity contribution in [2.45, 2.75) is 56.9 Å². The second-order valence-electron chi connectivity index (χ2n) is 8.04. The molecule has 1 heterocycles. The van der Waals surface area contributed by atoms with Gasteiger partial charge in [0.05, 0.1) is 5.69 Å². The lowest BCUT2D eigenvalue weighted by molar-refractivity contribution is -0.0523. The van der Waals surface area contributed by atoms with Gasteiger partial charge < -0.3 is 15.3 Å². The molecule has 3 atom stereocenters. The van der Waals surface area contributed by atoms with Crippen LogP contribution < -0.4 is 5.32 Å². The molecule has 0 unspecified atom stereocenters. The van der Waals surface area contributed by atoms with Gasteiger partial charge in [-0.25, -0.2) is 0 Å². The highest BCUT2D eigenvalue weighted by Crippen LogP contribution is 2.64. The summed E-state index contributed by atoms with van der Waals surface area (Å²) in [6, 6.07) is 4.83. The Morgan fingerprint density at radius 1 is 1.33 bits per heavy atom. The molecule has 1 aromatic rings. The van der Waals surface area contributed by atoms with Crippen molar-refractivity contribution in [1.82, 2.24) is 4.90 Å². The van der Waals surface area contributed by atoms with Gasteiger partial charge in [-0.15, -0.1) is 6.58 Å². The van der Waals surface area contributed by atoms with Crippen molar-refractivity contribution in [2.75, 3.05) is 25.5 Å². The number of phenolic OH excluding ortho intramolecular Hbond substituents is 1. The molecule has 4 rings (SSSR count). The van der Waals surface area contributed by atoms with Gasteiger partial charge >= 0.3 is 0 Å². The highest BCUT2D eigenvalue weighted by molar-refractivity contribution is 5.62. The molecule has 1 aromatic carbocycles. The number of nitrogens with one attached hydrogen (secondary N) is 1. The molecule has 0 spiro atoms. The fourth-order valence-electron chi connectivity index (χ4n) is 6.16. The second kappa shape index (κ2) is 5.52. The zero-order valence-electron chi connectivity index (χ0n) is 15.1. The lowest BCUT2D eigenvalue weighted by Gasteiger charge is -2.65. The molecule has 130 valence electrons. The summed E-state index contributed by atoms with van der Waals surface area (Å²) in [5, 5.41) is 13.9. The highest BCUT2D eigenvalue weighted by Gasteiger charge is 2.61. The summed E-state index contributed by atoms with van der Waals surface area (Å²) in [5.74, 6) is 0.408. The fourth-order valence-corrected chi connectivity index (χ4v) is 6.16. The molecular formula is C21H30N2O. The van der Waals surface area contributed by atoms with Gasteiger partial charge in [-0.2, -0.15) is 0 Å². The Kier molecular flexibility index (Phi) is 3.68. The number of phenols is 1. The number of fused-ring (bicyclic) bond motifs is 1. The molecule has 1 aliphatic heterocycles. The van der Waals surface area contributed by atoms with Crippen LogP contribution >= 0.6 is 0 Å². The second-order valence-corrected chi connectivity index (χ2v) is 8.04. The molecule has 2 N–H and O–H groups in total. The summed E-state index contributed by atoms with van der Waals surface area (Å²) < 4.78 is 0. The van der Waals surface area contributed by atoms with E-state index in [4.69, 9.17) is 0 Å². The average molecular weight is 326 g/mol. The van der Waals surface area contributed by atoms with Crippen molar-refractivity contribution in [1.29, 1.82) is 0 Å². The quantitative estimate of drug-likeness (QED) is 0.649. The maximum Gasteiger partial charge on any atom is 0.138 e.